The fraction of sp³-hybridized carbons (Fsp3) is 0.579. The molecule has 0 saturated carbocycles. The molecule has 1 aliphatic heterocycles. The van der Waals surface area contributed by atoms with Crippen LogP contribution in [0, 0.1) is 0 Å². The maximum Gasteiger partial charge on any atom is 0.268 e. The van der Waals surface area contributed by atoms with Crippen molar-refractivity contribution >= 4 is 27.5 Å². The van der Waals surface area contributed by atoms with Crippen LogP contribution in [0.2, 0.25) is 0 Å². The van der Waals surface area contributed by atoms with Crippen LogP contribution in [0.5, 0.6) is 5.75 Å². The normalized spacial score (nSPS) is 23.7. The average Bonchev–Trinajstić information content (AvgIpc) is 3.09. The highest BCUT2D eigenvalue weighted by molar-refractivity contribution is 7.16. The van der Waals surface area contributed by atoms with Gasteiger partial charge in [0.05, 0.1) is 6.76 Å². The molecular weight excluding hydrogens is 350 g/mol. The molecule has 1 fully saturated rings. The Morgan fingerprint density at radius 1 is 1.50 bits per heavy atom. The number of rotatable bonds is 6. The minimum Gasteiger partial charge on any atom is -0.506 e. The molecule has 0 unspecified atom stereocenters. The van der Waals surface area contributed by atoms with E-state index >= 15 is 0 Å². The lowest BCUT2D eigenvalue weighted by Crippen LogP contribution is -2.36. The number of piperidine rings is 1. The number of aromatic hydroxyl groups is 1. The topological polar surface area (TPSA) is 74.6 Å². The summed E-state index contributed by atoms with van der Waals surface area (Å²) < 4.78 is 70.2. The van der Waals surface area contributed by atoms with Gasteiger partial charge in [0, 0.05) is 23.6 Å². The van der Waals surface area contributed by atoms with Gasteiger partial charge < -0.3 is 15.3 Å². The van der Waals surface area contributed by atoms with Crippen molar-refractivity contribution in [1.29, 1.82) is 0 Å². The first-order chi connectivity index (χ1) is 16.0. The molecule has 0 radical (unpaired) electrons. The molecule has 3 rings (SSSR count). The van der Waals surface area contributed by atoms with Crippen molar-refractivity contribution in [1.82, 2.24) is 14.8 Å². The molecule has 0 spiro atoms. The number of fused-ring (bicyclic) bond motifs is 1. The third kappa shape index (κ3) is 3.78. The molecule has 0 atom stereocenters. The van der Waals surface area contributed by atoms with Crippen LogP contribution >= 0.6 is 11.3 Å². The summed E-state index contributed by atoms with van der Waals surface area (Å²) in [6.07, 6.45) is 0.135. The van der Waals surface area contributed by atoms with Gasteiger partial charge in [0.1, 0.15) is 16.1 Å². The third-order valence-corrected chi connectivity index (χ3v) is 5.21. The van der Waals surface area contributed by atoms with E-state index in [2.05, 4.69) is 10.2 Å². The number of hydrogen-bond donors (Lipinski definition) is 2. The van der Waals surface area contributed by atoms with Crippen LogP contribution in [0.3, 0.4) is 0 Å². The second kappa shape index (κ2) is 8.22. The predicted molar refractivity (Wildman–Crippen MR) is 105 cm³/mol. The quantitative estimate of drug-likeness (QED) is 0.749. The van der Waals surface area contributed by atoms with E-state index < -0.39 is 48.9 Å². The lowest BCUT2D eigenvalue weighted by atomic mass is 10.1. The van der Waals surface area contributed by atoms with Crippen LogP contribution in [0.25, 0.3) is 10.2 Å². The van der Waals surface area contributed by atoms with Gasteiger partial charge in [-0.05, 0) is 64.0 Å². The number of amides is 1. The molecule has 1 amide bonds. The summed E-state index contributed by atoms with van der Waals surface area (Å²) in [5.74, 6) is -1.72. The number of carbonyl (C=O) groups excluding carboxylic acids is 1. The van der Waals surface area contributed by atoms with E-state index in [4.69, 9.17) is 12.3 Å². The highest BCUT2D eigenvalue weighted by Crippen LogP contribution is 2.31. The van der Waals surface area contributed by atoms with Crippen molar-refractivity contribution in [3.05, 3.63) is 27.3 Å². The van der Waals surface area contributed by atoms with Gasteiger partial charge in [-0.25, -0.2) is 0 Å². The molecule has 0 aliphatic carbocycles. The summed E-state index contributed by atoms with van der Waals surface area (Å²) in [6, 6.07) is -1.14. The molecule has 2 aromatic heterocycles. The second-order valence-corrected chi connectivity index (χ2v) is 6.91. The number of carbonyl (C=O) groups is 1. The highest BCUT2D eigenvalue weighted by atomic mass is 32.1. The highest BCUT2D eigenvalue weighted by Gasteiger charge is 2.23. The van der Waals surface area contributed by atoms with Crippen LogP contribution in [0.1, 0.15) is 68.1 Å². The Morgan fingerprint density at radius 2 is 2.27 bits per heavy atom. The SMILES string of the molecule is [2H]c1cc2c(O)c(C(=O)NCCCN3CCC([2H])([2H])CC3)c(=O)n(C(C([2H])([2H])[2H])C([2H])([2H])[2H])c2s1. The van der Waals surface area contributed by atoms with Crippen LogP contribution in [-0.2, 0) is 0 Å². The molecule has 3 heterocycles. The monoisotopic (exact) mass is 386 g/mol. The zero-order valence-electron chi connectivity index (χ0n) is 23.2. The molecular formula is C19H27N3O3S. The van der Waals surface area contributed by atoms with Crippen LogP contribution in [0.15, 0.2) is 16.2 Å². The average molecular weight is 387 g/mol. The van der Waals surface area contributed by atoms with Crippen molar-refractivity contribution in [3.8, 4) is 5.75 Å². The van der Waals surface area contributed by atoms with Gasteiger partial charge in [-0.1, -0.05) is 6.37 Å². The minimum absolute atomic E-state index is 0.119. The lowest BCUT2D eigenvalue weighted by molar-refractivity contribution is 0.0946. The van der Waals surface area contributed by atoms with E-state index in [1.165, 1.54) is 0 Å². The number of likely N-dealkylation sites (tertiary alicyclic amines) is 1. The first kappa shape index (κ1) is 10.5. The van der Waals surface area contributed by atoms with Crippen molar-refractivity contribution in [3.63, 3.8) is 0 Å². The number of pyridine rings is 1. The number of aromatic nitrogens is 1. The molecule has 26 heavy (non-hydrogen) atoms. The van der Waals surface area contributed by atoms with Gasteiger partial charge in [0.15, 0.2) is 0 Å². The first-order valence-corrected chi connectivity index (χ1v) is 9.23. The lowest BCUT2D eigenvalue weighted by Gasteiger charge is -2.26. The van der Waals surface area contributed by atoms with Crippen LogP contribution < -0.4 is 10.9 Å². The number of nitrogens with one attached hydrogen (secondary N) is 1. The Bertz CT molecular complexity index is 1130. The standard InChI is InChI=1S/C19H27N3O3S/c1-13(2)22-18(25)15(16(23)14-7-12-26-19(14)22)17(24)20-8-6-11-21-9-4-3-5-10-21/h7,12-13,23H,3-6,8-11H2,1-2H3,(H,20,24)/i1D3,2D3,3D2,12D. The summed E-state index contributed by atoms with van der Waals surface area (Å²) in [4.78, 5) is 28.0. The molecule has 0 aromatic carbocycles. The van der Waals surface area contributed by atoms with Crippen molar-refractivity contribution < 1.29 is 22.2 Å². The van der Waals surface area contributed by atoms with Gasteiger partial charge >= 0.3 is 0 Å². The number of nitrogens with zero attached hydrogens (tertiary/aromatic N) is 2. The van der Waals surface area contributed by atoms with E-state index in [9.17, 15) is 14.7 Å². The Morgan fingerprint density at radius 3 is 3.00 bits per heavy atom. The number of hydrogen-bond acceptors (Lipinski definition) is 5. The number of thiophene rings is 1. The summed E-state index contributed by atoms with van der Waals surface area (Å²) in [6.45, 7) is -4.40. The Labute approximate surface area is 170 Å². The van der Waals surface area contributed by atoms with Gasteiger partial charge in [0.25, 0.3) is 11.5 Å². The maximum absolute atomic E-state index is 13.3. The second-order valence-electron chi connectivity index (χ2n) is 6.09. The van der Waals surface area contributed by atoms with Crippen LogP contribution in [0.4, 0.5) is 0 Å². The predicted octanol–water partition coefficient (Wildman–Crippen LogP) is 2.96. The molecule has 0 bridgehead atoms. The van der Waals surface area contributed by atoms with Crippen LogP contribution in [-0.4, -0.2) is 46.7 Å². The largest absolute Gasteiger partial charge is 0.506 e. The maximum atomic E-state index is 13.3. The van der Waals surface area contributed by atoms with Crippen molar-refractivity contribution in [2.75, 3.05) is 26.2 Å². The summed E-state index contributed by atoms with van der Waals surface area (Å²) in [7, 11) is 0. The first-order valence-electron chi connectivity index (χ1n) is 12.9. The Kier molecular flexibility index (Phi) is 3.31. The molecule has 1 aliphatic rings. The molecule has 2 aromatic rings. The Balaban J connectivity index is 1.88. The zero-order chi connectivity index (χ0) is 26.3. The summed E-state index contributed by atoms with van der Waals surface area (Å²) in [5.41, 5.74) is -2.04. The molecule has 6 nitrogen and oxygen atoms in total. The van der Waals surface area contributed by atoms with Crippen molar-refractivity contribution in [2.45, 2.75) is 45.4 Å². The van der Waals surface area contributed by atoms with E-state index in [1.54, 1.807) is 0 Å². The van der Waals surface area contributed by atoms with E-state index in [-0.39, 0.29) is 22.1 Å². The van der Waals surface area contributed by atoms with Gasteiger partial charge in [-0.2, -0.15) is 0 Å². The summed E-state index contributed by atoms with van der Waals surface area (Å²) >= 11 is 0.631. The van der Waals surface area contributed by atoms with E-state index in [0.29, 0.717) is 54.8 Å². The van der Waals surface area contributed by atoms with Gasteiger partial charge in [-0.3, -0.25) is 14.2 Å². The van der Waals surface area contributed by atoms with E-state index in [0.717, 1.165) is 6.07 Å². The van der Waals surface area contributed by atoms with Gasteiger partial charge in [0.2, 0.25) is 0 Å². The molecule has 7 heteroatoms. The Hall–Kier alpha value is -1.86. The smallest absolute Gasteiger partial charge is 0.268 e. The molecule has 2 N–H and O–H groups in total. The zero-order valence-corrected chi connectivity index (χ0v) is 15.0. The van der Waals surface area contributed by atoms with Gasteiger partial charge in [-0.15, -0.1) is 11.3 Å². The molecule has 142 valence electrons. The molecule has 1 saturated heterocycles. The van der Waals surface area contributed by atoms with E-state index in [1.807, 2.05) is 0 Å². The third-order valence-electron chi connectivity index (χ3n) is 4.36. The fourth-order valence-electron chi connectivity index (χ4n) is 3.03. The van der Waals surface area contributed by atoms with Crippen molar-refractivity contribution in [2.24, 2.45) is 0 Å². The minimum atomic E-state index is -3.14. The fourth-order valence-corrected chi connectivity index (χ4v) is 3.87. The summed E-state index contributed by atoms with van der Waals surface area (Å²) in [5, 5.41) is 12.9.